The summed E-state index contributed by atoms with van der Waals surface area (Å²) in [5.74, 6) is 2.98. The van der Waals surface area contributed by atoms with E-state index in [0.717, 1.165) is 11.3 Å². The van der Waals surface area contributed by atoms with Gasteiger partial charge in [0, 0.05) is 19.3 Å². The lowest BCUT2D eigenvalue weighted by molar-refractivity contribution is 1.12. The Morgan fingerprint density at radius 2 is 1.83 bits per heavy atom. The highest BCUT2D eigenvalue weighted by Crippen LogP contribution is 2.07. The van der Waals surface area contributed by atoms with E-state index in [1.807, 2.05) is 50.4 Å². The highest BCUT2D eigenvalue weighted by atomic mass is 15.0. The van der Waals surface area contributed by atoms with Gasteiger partial charge in [0.25, 0.3) is 0 Å². The number of nitrogens with one attached hydrogen (secondary N) is 1. The van der Waals surface area contributed by atoms with Crippen LogP contribution in [0.3, 0.4) is 0 Å². The first-order valence-electron chi connectivity index (χ1n) is 6.43. The van der Waals surface area contributed by atoms with Crippen molar-refractivity contribution in [3.8, 4) is 12.0 Å². The van der Waals surface area contributed by atoms with Crippen LogP contribution in [0.15, 0.2) is 24.5 Å². The molecule has 0 amide bonds. The number of aryl methyl sites for hydroxylation is 1. The Kier molecular flexibility index (Phi) is 8.13. The summed E-state index contributed by atoms with van der Waals surface area (Å²) in [5, 5.41) is 2.78. The average Bonchev–Trinajstić information content (AvgIpc) is 2.83. The number of fused-ring (bicyclic) bond motifs is 1. The van der Waals surface area contributed by atoms with E-state index in [1.165, 1.54) is 5.56 Å². The molecule has 0 spiro atoms. The second-order valence-electron chi connectivity index (χ2n) is 3.08. The van der Waals surface area contributed by atoms with Crippen LogP contribution in [-0.4, -0.2) is 16.4 Å². The van der Waals surface area contributed by atoms with E-state index in [-0.39, 0.29) is 0 Å². The minimum Gasteiger partial charge on any atom is -0.349 e. The Morgan fingerprint density at radius 3 is 2.44 bits per heavy atom. The minimum atomic E-state index is 0.901. The molecule has 0 atom stereocenters. The molecule has 0 aliphatic carbocycles. The maximum Gasteiger partial charge on any atom is 0.137 e. The molecule has 0 saturated carbocycles. The van der Waals surface area contributed by atoms with Gasteiger partial charge in [-0.2, -0.15) is 0 Å². The van der Waals surface area contributed by atoms with E-state index in [0.29, 0.717) is 0 Å². The molecule has 0 bridgehead atoms. The number of nitrogens with zero attached hydrogens (tertiary/aromatic N) is 2. The van der Waals surface area contributed by atoms with Gasteiger partial charge in [-0.05, 0) is 24.5 Å². The van der Waals surface area contributed by atoms with Crippen molar-refractivity contribution in [2.75, 3.05) is 7.05 Å². The van der Waals surface area contributed by atoms with Crippen LogP contribution in [-0.2, 0) is 0 Å². The predicted molar refractivity (Wildman–Crippen MR) is 78.6 cm³/mol. The summed E-state index contributed by atoms with van der Waals surface area (Å²) in [6.45, 7) is 10.1. The first-order valence-corrected chi connectivity index (χ1v) is 6.43. The largest absolute Gasteiger partial charge is 0.349 e. The van der Waals surface area contributed by atoms with E-state index in [2.05, 4.69) is 29.2 Å². The van der Waals surface area contributed by atoms with Gasteiger partial charge in [-0.1, -0.05) is 33.8 Å². The van der Waals surface area contributed by atoms with Crippen molar-refractivity contribution < 1.29 is 0 Å². The Bertz CT molecular complexity index is 515. The third kappa shape index (κ3) is 4.14. The van der Waals surface area contributed by atoms with Crippen LogP contribution < -0.4 is 5.32 Å². The maximum atomic E-state index is 4.25. The van der Waals surface area contributed by atoms with Crippen molar-refractivity contribution in [1.29, 1.82) is 0 Å². The quantitative estimate of drug-likeness (QED) is 0.570. The topological polar surface area (TPSA) is 29.3 Å². The molecule has 18 heavy (non-hydrogen) atoms. The molecular formula is C15H23N3. The number of rotatable bonds is 0. The van der Waals surface area contributed by atoms with Crippen molar-refractivity contribution in [1.82, 2.24) is 14.7 Å². The summed E-state index contributed by atoms with van der Waals surface area (Å²) in [7, 11) is 1.79. The van der Waals surface area contributed by atoms with Gasteiger partial charge in [-0.3, -0.25) is 4.40 Å². The van der Waals surface area contributed by atoms with E-state index in [9.17, 15) is 0 Å². The molecule has 2 aromatic rings. The number of hydrogen-bond acceptors (Lipinski definition) is 2. The molecule has 2 aromatic heterocycles. The number of aromatic nitrogens is 2. The summed E-state index contributed by atoms with van der Waals surface area (Å²) < 4.78 is 1.99. The van der Waals surface area contributed by atoms with Gasteiger partial charge in [0.2, 0.25) is 0 Å². The highest BCUT2D eigenvalue weighted by molar-refractivity contribution is 5.45. The molecule has 0 aliphatic heterocycles. The van der Waals surface area contributed by atoms with Gasteiger partial charge in [0.05, 0.1) is 6.20 Å². The second kappa shape index (κ2) is 9.12. The monoisotopic (exact) mass is 245 g/mol. The number of hydrogen-bond donors (Lipinski definition) is 1. The standard InChI is InChI=1S/C11H11N3.2C2H6/c1-9-3-4-11-13-7-10(5-6-12-2)14(11)8-9;2*1-2/h3-4,7-8,12H,1-2H3;2*1-2H3. The molecule has 2 rings (SSSR count). The first-order chi connectivity index (χ1) is 8.81. The number of pyridine rings is 1. The summed E-state index contributed by atoms with van der Waals surface area (Å²) in [6, 6.07) is 6.83. The van der Waals surface area contributed by atoms with Crippen LogP contribution in [0, 0.1) is 18.9 Å². The Morgan fingerprint density at radius 1 is 1.17 bits per heavy atom. The predicted octanol–water partition coefficient (Wildman–Crippen LogP) is 3.22. The summed E-state index contributed by atoms with van der Waals surface area (Å²) >= 11 is 0. The van der Waals surface area contributed by atoms with Gasteiger partial charge in [-0.15, -0.1) is 0 Å². The SMILES string of the molecule is CC.CC.CNC#Cc1cnc2ccc(C)cn12. The Balaban J connectivity index is 0.000000659. The lowest BCUT2D eigenvalue weighted by Crippen LogP contribution is -1.94. The molecule has 0 saturated heterocycles. The summed E-state index contributed by atoms with van der Waals surface area (Å²) in [4.78, 5) is 4.25. The van der Waals surface area contributed by atoms with Crippen molar-refractivity contribution in [3.63, 3.8) is 0 Å². The lowest BCUT2D eigenvalue weighted by atomic mass is 10.3. The molecule has 0 fully saturated rings. The van der Waals surface area contributed by atoms with Crippen molar-refractivity contribution in [2.45, 2.75) is 34.6 Å². The zero-order chi connectivity index (χ0) is 14.0. The third-order valence-electron chi connectivity index (χ3n) is 1.97. The summed E-state index contributed by atoms with van der Waals surface area (Å²) in [5.41, 5.74) is 3.03. The van der Waals surface area contributed by atoms with Gasteiger partial charge >= 0.3 is 0 Å². The van der Waals surface area contributed by atoms with E-state index in [4.69, 9.17) is 0 Å². The van der Waals surface area contributed by atoms with Crippen LogP contribution in [0.1, 0.15) is 39.0 Å². The molecular weight excluding hydrogens is 222 g/mol. The van der Waals surface area contributed by atoms with Gasteiger partial charge < -0.3 is 5.32 Å². The van der Waals surface area contributed by atoms with Crippen LogP contribution in [0.4, 0.5) is 0 Å². The Labute approximate surface area is 110 Å². The lowest BCUT2D eigenvalue weighted by Gasteiger charge is -1.96. The van der Waals surface area contributed by atoms with E-state index < -0.39 is 0 Å². The molecule has 2 heterocycles. The van der Waals surface area contributed by atoms with Crippen molar-refractivity contribution in [2.24, 2.45) is 0 Å². The van der Waals surface area contributed by atoms with E-state index >= 15 is 0 Å². The molecule has 0 radical (unpaired) electrons. The van der Waals surface area contributed by atoms with Crippen LogP contribution in [0.5, 0.6) is 0 Å². The summed E-state index contributed by atoms with van der Waals surface area (Å²) in [6.07, 6.45) is 3.81. The number of imidazole rings is 1. The fourth-order valence-corrected chi connectivity index (χ4v) is 1.31. The van der Waals surface area contributed by atoms with Gasteiger partial charge in [0.15, 0.2) is 0 Å². The Hall–Kier alpha value is -1.95. The zero-order valence-electron chi connectivity index (χ0n) is 12.2. The van der Waals surface area contributed by atoms with Crippen molar-refractivity contribution >= 4 is 5.65 Å². The molecule has 0 aromatic carbocycles. The highest BCUT2D eigenvalue weighted by Gasteiger charge is 1.99. The second-order valence-corrected chi connectivity index (χ2v) is 3.08. The molecule has 0 unspecified atom stereocenters. The van der Waals surface area contributed by atoms with Gasteiger partial charge in [0.1, 0.15) is 11.3 Å². The molecule has 0 aliphatic rings. The van der Waals surface area contributed by atoms with E-state index in [1.54, 1.807) is 13.2 Å². The molecule has 98 valence electrons. The van der Waals surface area contributed by atoms with Crippen LogP contribution in [0.25, 0.3) is 5.65 Å². The van der Waals surface area contributed by atoms with Crippen molar-refractivity contribution in [3.05, 3.63) is 35.8 Å². The third-order valence-corrected chi connectivity index (χ3v) is 1.97. The minimum absolute atomic E-state index is 0.901. The fourth-order valence-electron chi connectivity index (χ4n) is 1.31. The normalized spacial score (nSPS) is 8.11. The van der Waals surface area contributed by atoms with Crippen LogP contribution in [0.2, 0.25) is 0 Å². The first kappa shape index (κ1) is 16.1. The zero-order valence-corrected chi connectivity index (χ0v) is 12.2. The van der Waals surface area contributed by atoms with Gasteiger partial charge in [-0.25, -0.2) is 4.98 Å². The molecule has 3 heteroatoms. The molecule has 1 N–H and O–H groups in total. The fraction of sp³-hybridized carbons (Fsp3) is 0.400. The molecule has 3 nitrogen and oxygen atoms in total. The smallest absolute Gasteiger partial charge is 0.137 e. The average molecular weight is 245 g/mol. The van der Waals surface area contributed by atoms with Crippen LogP contribution >= 0.6 is 0 Å². The maximum absolute atomic E-state index is 4.25.